The number of carbonyl (C=O) groups excluding carboxylic acids is 1. The third-order valence-electron chi connectivity index (χ3n) is 4.12. The quantitative estimate of drug-likeness (QED) is 0.602. The molecule has 138 valence electrons. The molecule has 0 aliphatic rings. The minimum Gasteiger partial charge on any atom is -0.394 e. The number of carbonyl (C=O) groups is 1. The summed E-state index contributed by atoms with van der Waals surface area (Å²) in [6.07, 6.45) is -0.815. The van der Waals surface area contributed by atoms with Crippen molar-refractivity contribution in [3.05, 3.63) is 90.5 Å². The zero-order valence-electron chi connectivity index (χ0n) is 14.8. The Hall–Kier alpha value is -3.15. The molecule has 3 rings (SSSR count). The highest BCUT2D eigenvalue weighted by Crippen LogP contribution is 2.28. The van der Waals surface area contributed by atoms with Crippen molar-refractivity contribution in [1.82, 2.24) is 0 Å². The number of rotatable bonds is 7. The summed E-state index contributed by atoms with van der Waals surface area (Å²) < 4.78 is 0. The van der Waals surface area contributed by atoms with Crippen LogP contribution in [0.5, 0.6) is 0 Å². The molecule has 5 heteroatoms. The van der Waals surface area contributed by atoms with Gasteiger partial charge in [-0.3, -0.25) is 9.69 Å². The summed E-state index contributed by atoms with van der Waals surface area (Å²) in [7, 11) is 0. The summed E-state index contributed by atoms with van der Waals surface area (Å²) in [5.41, 5.74) is 2.92. The summed E-state index contributed by atoms with van der Waals surface area (Å²) >= 11 is 0. The maximum atomic E-state index is 13.1. The fraction of sp³-hybridized carbons (Fsp3) is 0.136. The van der Waals surface area contributed by atoms with E-state index in [1.165, 1.54) is 0 Å². The Morgan fingerprint density at radius 3 is 2.00 bits per heavy atom. The lowest BCUT2D eigenvalue weighted by atomic mass is 10.1. The van der Waals surface area contributed by atoms with E-state index in [-0.39, 0.29) is 19.1 Å². The second-order valence-corrected chi connectivity index (χ2v) is 6.11. The van der Waals surface area contributed by atoms with E-state index in [1.54, 1.807) is 17.0 Å². The average Bonchev–Trinajstić information content (AvgIpc) is 2.74. The van der Waals surface area contributed by atoms with Crippen LogP contribution in [-0.2, 0) is 0 Å². The molecule has 0 saturated carbocycles. The molecule has 0 spiro atoms. The average molecular weight is 362 g/mol. The number of benzene rings is 3. The normalized spacial score (nSPS) is 11.6. The number of hydrogen-bond donors (Lipinski definition) is 3. The first-order valence-electron chi connectivity index (χ1n) is 8.76. The second-order valence-electron chi connectivity index (χ2n) is 6.11. The first-order chi connectivity index (χ1) is 13.2. The van der Waals surface area contributed by atoms with Crippen molar-refractivity contribution in [3.63, 3.8) is 0 Å². The Kier molecular flexibility index (Phi) is 6.20. The highest BCUT2D eigenvalue weighted by Gasteiger charge is 2.19. The first-order valence-corrected chi connectivity index (χ1v) is 8.76. The fourth-order valence-corrected chi connectivity index (χ4v) is 2.70. The summed E-state index contributed by atoms with van der Waals surface area (Å²) in [4.78, 5) is 14.8. The largest absolute Gasteiger partial charge is 0.394 e. The van der Waals surface area contributed by atoms with Gasteiger partial charge in [-0.1, -0.05) is 36.4 Å². The molecule has 0 aliphatic heterocycles. The molecule has 3 N–H and O–H groups in total. The SMILES string of the molecule is O=C(c1ccccc1)N(c1ccccc1)c1ccc(NCC(O)CO)cc1. The minimum atomic E-state index is -0.815. The molecule has 27 heavy (non-hydrogen) atoms. The monoisotopic (exact) mass is 362 g/mol. The van der Waals surface area contributed by atoms with Gasteiger partial charge in [0.15, 0.2) is 0 Å². The van der Waals surface area contributed by atoms with Crippen LogP contribution in [0, 0.1) is 0 Å². The predicted molar refractivity (Wildman–Crippen MR) is 107 cm³/mol. The van der Waals surface area contributed by atoms with Crippen LogP contribution in [0.25, 0.3) is 0 Å². The molecule has 0 saturated heterocycles. The van der Waals surface area contributed by atoms with E-state index in [0.717, 1.165) is 17.1 Å². The van der Waals surface area contributed by atoms with Gasteiger partial charge >= 0.3 is 0 Å². The molecule has 0 bridgehead atoms. The third kappa shape index (κ3) is 4.73. The number of aliphatic hydroxyl groups is 2. The van der Waals surface area contributed by atoms with Crippen LogP contribution in [0.1, 0.15) is 10.4 Å². The lowest BCUT2D eigenvalue weighted by Gasteiger charge is -2.23. The second kappa shape index (κ2) is 8.98. The van der Waals surface area contributed by atoms with Gasteiger partial charge in [0.2, 0.25) is 0 Å². The van der Waals surface area contributed by atoms with Crippen molar-refractivity contribution < 1.29 is 15.0 Å². The first kappa shape index (κ1) is 18.6. The molecule has 0 heterocycles. The lowest BCUT2D eigenvalue weighted by Crippen LogP contribution is -2.26. The fourth-order valence-electron chi connectivity index (χ4n) is 2.70. The van der Waals surface area contributed by atoms with Gasteiger partial charge in [0.1, 0.15) is 0 Å². The molecular formula is C22H22N2O3. The van der Waals surface area contributed by atoms with Gasteiger partial charge in [0.05, 0.1) is 12.7 Å². The number of aliphatic hydroxyl groups excluding tert-OH is 2. The Labute approximate surface area is 158 Å². The van der Waals surface area contributed by atoms with Gasteiger partial charge in [0.25, 0.3) is 5.91 Å². The van der Waals surface area contributed by atoms with Crippen LogP contribution in [0.15, 0.2) is 84.9 Å². The van der Waals surface area contributed by atoms with E-state index in [4.69, 9.17) is 5.11 Å². The minimum absolute atomic E-state index is 0.113. The van der Waals surface area contributed by atoms with Crippen molar-refractivity contribution in [1.29, 1.82) is 0 Å². The topological polar surface area (TPSA) is 72.8 Å². The third-order valence-corrected chi connectivity index (χ3v) is 4.12. The van der Waals surface area contributed by atoms with E-state index < -0.39 is 6.10 Å². The van der Waals surface area contributed by atoms with Gasteiger partial charge in [-0.2, -0.15) is 0 Å². The zero-order chi connectivity index (χ0) is 19.1. The summed E-state index contributed by atoms with van der Waals surface area (Å²) in [6.45, 7) is -0.0420. The maximum Gasteiger partial charge on any atom is 0.262 e. The molecular weight excluding hydrogens is 340 g/mol. The van der Waals surface area contributed by atoms with Gasteiger partial charge in [-0.15, -0.1) is 0 Å². The molecule has 5 nitrogen and oxygen atoms in total. The Morgan fingerprint density at radius 1 is 0.852 bits per heavy atom. The van der Waals surface area contributed by atoms with Crippen LogP contribution in [0.2, 0.25) is 0 Å². The van der Waals surface area contributed by atoms with Crippen LogP contribution in [0.4, 0.5) is 17.1 Å². The van der Waals surface area contributed by atoms with Crippen LogP contribution < -0.4 is 10.2 Å². The smallest absolute Gasteiger partial charge is 0.262 e. The summed E-state index contributed by atoms with van der Waals surface area (Å²) in [6, 6.07) is 26.0. The Morgan fingerprint density at radius 2 is 1.41 bits per heavy atom. The number of nitrogens with zero attached hydrogens (tertiary/aromatic N) is 1. The molecule has 0 fully saturated rings. The van der Waals surface area contributed by atoms with Crippen molar-refractivity contribution >= 4 is 23.0 Å². The molecule has 0 aromatic heterocycles. The van der Waals surface area contributed by atoms with Crippen LogP contribution >= 0.6 is 0 Å². The van der Waals surface area contributed by atoms with Gasteiger partial charge in [0, 0.05) is 29.2 Å². The van der Waals surface area contributed by atoms with Crippen molar-refractivity contribution in [2.75, 3.05) is 23.4 Å². The molecule has 0 aliphatic carbocycles. The highest BCUT2D eigenvalue weighted by atomic mass is 16.3. The van der Waals surface area contributed by atoms with E-state index in [2.05, 4.69) is 5.32 Å². The van der Waals surface area contributed by atoms with Gasteiger partial charge in [-0.05, 0) is 48.5 Å². The number of amides is 1. The van der Waals surface area contributed by atoms with Crippen LogP contribution in [-0.4, -0.2) is 35.4 Å². The molecule has 3 aromatic carbocycles. The molecule has 1 unspecified atom stereocenters. The summed E-state index contributed by atoms with van der Waals surface area (Å²) in [5.74, 6) is -0.113. The van der Waals surface area contributed by atoms with E-state index >= 15 is 0 Å². The highest BCUT2D eigenvalue weighted by molar-refractivity contribution is 6.10. The Balaban J connectivity index is 1.88. The summed E-state index contributed by atoms with van der Waals surface area (Å²) in [5, 5.41) is 21.4. The molecule has 3 aromatic rings. The van der Waals surface area contributed by atoms with E-state index in [9.17, 15) is 9.90 Å². The van der Waals surface area contributed by atoms with E-state index in [1.807, 2.05) is 72.8 Å². The zero-order valence-corrected chi connectivity index (χ0v) is 14.8. The van der Waals surface area contributed by atoms with Crippen molar-refractivity contribution in [2.45, 2.75) is 6.10 Å². The van der Waals surface area contributed by atoms with E-state index in [0.29, 0.717) is 5.56 Å². The number of nitrogens with one attached hydrogen (secondary N) is 1. The lowest BCUT2D eigenvalue weighted by molar-refractivity contribution is 0.0999. The Bertz CT molecular complexity index is 852. The number of para-hydroxylation sites is 1. The number of anilines is 3. The van der Waals surface area contributed by atoms with Gasteiger partial charge in [-0.25, -0.2) is 0 Å². The van der Waals surface area contributed by atoms with Crippen molar-refractivity contribution in [3.8, 4) is 0 Å². The maximum absolute atomic E-state index is 13.1. The molecule has 1 amide bonds. The number of hydrogen-bond acceptors (Lipinski definition) is 4. The van der Waals surface area contributed by atoms with Crippen molar-refractivity contribution in [2.24, 2.45) is 0 Å². The standard InChI is InChI=1S/C22H22N2O3/c25-16-21(26)15-23-18-11-13-20(14-12-18)24(19-9-5-2-6-10-19)22(27)17-7-3-1-4-8-17/h1-14,21,23,25-26H,15-16H2. The molecule has 0 radical (unpaired) electrons. The van der Waals surface area contributed by atoms with Gasteiger partial charge < -0.3 is 15.5 Å². The van der Waals surface area contributed by atoms with Crippen LogP contribution in [0.3, 0.4) is 0 Å². The predicted octanol–water partition coefficient (Wildman–Crippen LogP) is 3.43. The molecule has 1 atom stereocenters.